The molecule has 0 aliphatic carbocycles. The summed E-state index contributed by atoms with van der Waals surface area (Å²) in [5.41, 5.74) is 0.567. The summed E-state index contributed by atoms with van der Waals surface area (Å²) in [7, 11) is 0. The molecule has 2 N–H and O–H groups in total. The van der Waals surface area contributed by atoms with Crippen LogP contribution >= 0.6 is 0 Å². The third-order valence-corrected chi connectivity index (χ3v) is 2.46. The molecule has 1 amide bonds. The van der Waals surface area contributed by atoms with Gasteiger partial charge in [-0.15, -0.1) is 5.10 Å². The Labute approximate surface area is 109 Å². The number of carboxylic acid groups (broad SMARTS) is 1. The molecule has 2 rings (SSSR count). The van der Waals surface area contributed by atoms with Crippen molar-refractivity contribution >= 4 is 11.9 Å². The zero-order chi connectivity index (χ0) is 13.7. The minimum absolute atomic E-state index is 0.0738. The van der Waals surface area contributed by atoms with Gasteiger partial charge in [0.1, 0.15) is 0 Å². The lowest BCUT2D eigenvalue weighted by Crippen LogP contribution is -2.34. The summed E-state index contributed by atoms with van der Waals surface area (Å²) in [6, 6.07) is 10.4. The van der Waals surface area contributed by atoms with Crippen LogP contribution in [0.4, 0.5) is 0 Å². The Bertz CT molecular complexity index is 572. The summed E-state index contributed by atoms with van der Waals surface area (Å²) in [4.78, 5) is 23.1. The molecule has 0 fully saturated rings. The lowest BCUT2D eigenvalue weighted by molar-refractivity contribution is -0.139. The lowest BCUT2D eigenvalue weighted by atomic mass is 10.1. The maximum absolute atomic E-state index is 11.9. The van der Waals surface area contributed by atoms with Gasteiger partial charge >= 0.3 is 5.97 Å². The Hall–Kier alpha value is -2.76. The number of carbonyl (C=O) groups excluding carboxylic acids is 1. The Morgan fingerprint density at radius 3 is 2.42 bits per heavy atom. The monoisotopic (exact) mass is 257 g/mol. The zero-order valence-electron chi connectivity index (χ0n) is 9.85. The van der Waals surface area contributed by atoms with Gasteiger partial charge in [-0.1, -0.05) is 30.3 Å². The van der Waals surface area contributed by atoms with Crippen LogP contribution < -0.4 is 5.32 Å². The predicted molar refractivity (Wildman–Crippen MR) is 66.3 cm³/mol. The number of hydrogen-bond acceptors (Lipinski definition) is 4. The quantitative estimate of drug-likeness (QED) is 0.853. The lowest BCUT2D eigenvalue weighted by Gasteiger charge is -2.14. The highest BCUT2D eigenvalue weighted by Crippen LogP contribution is 2.13. The van der Waals surface area contributed by atoms with E-state index in [0.717, 1.165) is 0 Å². The summed E-state index contributed by atoms with van der Waals surface area (Å²) in [5.74, 6) is -1.72. The minimum atomic E-state index is -1.14. The number of benzene rings is 1. The smallest absolute Gasteiger partial charge is 0.330 e. The van der Waals surface area contributed by atoms with Crippen LogP contribution in [-0.2, 0) is 4.79 Å². The van der Waals surface area contributed by atoms with Crippen molar-refractivity contribution in [3.8, 4) is 0 Å². The summed E-state index contributed by atoms with van der Waals surface area (Å²) < 4.78 is 0. The van der Waals surface area contributed by atoms with Gasteiger partial charge in [-0.2, -0.15) is 5.10 Å². The van der Waals surface area contributed by atoms with Crippen LogP contribution in [0.15, 0.2) is 48.7 Å². The molecule has 0 saturated heterocycles. The van der Waals surface area contributed by atoms with E-state index in [2.05, 4.69) is 15.5 Å². The van der Waals surface area contributed by atoms with Gasteiger partial charge in [-0.25, -0.2) is 4.79 Å². The van der Waals surface area contributed by atoms with Gasteiger partial charge in [0.15, 0.2) is 11.7 Å². The Morgan fingerprint density at radius 1 is 1.11 bits per heavy atom. The molecule has 0 saturated carbocycles. The minimum Gasteiger partial charge on any atom is -0.479 e. The van der Waals surface area contributed by atoms with E-state index in [9.17, 15) is 14.7 Å². The molecule has 1 aromatic heterocycles. The summed E-state index contributed by atoms with van der Waals surface area (Å²) >= 11 is 0. The normalized spacial score (nSPS) is 11.6. The standard InChI is InChI=1S/C13H11N3O3/c17-12(10-7-4-8-14-16-10)15-11(13(18)19)9-5-2-1-3-6-9/h1-8,11H,(H,15,17)(H,18,19). The van der Waals surface area contributed by atoms with Crippen molar-refractivity contribution < 1.29 is 14.7 Å². The molecule has 1 unspecified atom stereocenters. The van der Waals surface area contributed by atoms with Gasteiger partial charge in [0.2, 0.25) is 0 Å². The van der Waals surface area contributed by atoms with Gasteiger partial charge in [0.05, 0.1) is 0 Å². The molecule has 0 aliphatic heterocycles. The van der Waals surface area contributed by atoms with Gasteiger partial charge in [-0.05, 0) is 17.7 Å². The second-order valence-electron chi connectivity index (χ2n) is 3.76. The highest BCUT2D eigenvalue weighted by atomic mass is 16.4. The number of aliphatic carboxylic acids is 1. The summed E-state index contributed by atoms with van der Waals surface area (Å²) in [6.45, 7) is 0. The number of aromatic nitrogens is 2. The Morgan fingerprint density at radius 2 is 1.84 bits per heavy atom. The number of rotatable bonds is 4. The van der Waals surface area contributed by atoms with Gasteiger partial charge in [0, 0.05) is 6.20 Å². The van der Waals surface area contributed by atoms with Crippen molar-refractivity contribution in [2.75, 3.05) is 0 Å². The molecule has 1 atom stereocenters. The first kappa shape index (κ1) is 12.7. The van der Waals surface area contributed by atoms with Crippen molar-refractivity contribution in [1.29, 1.82) is 0 Å². The van der Waals surface area contributed by atoms with Crippen molar-refractivity contribution in [1.82, 2.24) is 15.5 Å². The topological polar surface area (TPSA) is 92.2 Å². The number of hydrogen-bond donors (Lipinski definition) is 2. The summed E-state index contributed by atoms with van der Waals surface area (Å²) in [6.07, 6.45) is 1.43. The molecule has 1 aromatic carbocycles. The second kappa shape index (κ2) is 5.72. The van der Waals surface area contributed by atoms with E-state index in [-0.39, 0.29) is 5.69 Å². The third-order valence-electron chi connectivity index (χ3n) is 2.46. The van der Waals surface area contributed by atoms with Crippen molar-refractivity contribution in [2.45, 2.75) is 6.04 Å². The molecule has 0 radical (unpaired) electrons. The van der Waals surface area contributed by atoms with Crippen LogP contribution in [0.3, 0.4) is 0 Å². The molecule has 19 heavy (non-hydrogen) atoms. The highest BCUT2D eigenvalue weighted by Gasteiger charge is 2.22. The highest BCUT2D eigenvalue weighted by molar-refractivity contribution is 5.95. The SMILES string of the molecule is O=C(NC(C(=O)O)c1ccccc1)c1cccnn1. The van der Waals surface area contributed by atoms with E-state index in [1.807, 2.05) is 0 Å². The van der Waals surface area contributed by atoms with Crippen LogP contribution in [0, 0.1) is 0 Å². The van der Waals surface area contributed by atoms with E-state index in [0.29, 0.717) is 5.56 Å². The van der Waals surface area contributed by atoms with Crippen molar-refractivity contribution in [3.63, 3.8) is 0 Å². The number of nitrogens with one attached hydrogen (secondary N) is 1. The first-order valence-corrected chi connectivity index (χ1v) is 5.55. The van der Waals surface area contributed by atoms with Crippen LogP contribution in [0.1, 0.15) is 22.1 Å². The van der Waals surface area contributed by atoms with Gasteiger partial charge < -0.3 is 10.4 Å². The largest absolute Gasteiger partial charge is 0.479 e. The molecule has 1 heterocycles. The zero-order valence-corrected chi connectivity index (χ0v) is 9.85. The fraction of sp³-hybridized carbons (Fsp3) is 0.0769. The predicted octanol–water partition coefficient (Wildman–Crippen LogP) is 1.03. The Kier molecular flexibility index (Phi) is 3.82. The number of nitrogens with zero attached hydrogens (tertiary/aromatic N) is 2. The van der Waals surface area contributed by atoms with Crippen LogP contribution in [0.5, 0.6) is 0 Å². The summed E-state index contributed by atoms with van der Waals surface area (Å²) in [5, 5.41) is 18.8. The first-order valence-electron chi connectivity index (χ1n) is 5.55. The van der Waals surface area contributed by atoms with E-state index < -0.39 is 17.9 Å². The van der Waals surface area contributed by atoms with E-state index >= 15 is 0 Å². The van der Waals surface area contributed by atoms with Crippen LogP contribution in [0.2, 0.25) is 0 Å². The van der Waals surface area contributed by atoms with Gasteiger partial charge in [-0.3, -0.25) is 4.79 Å². The molecule has 6 nitrogen and oxygen atoms in total. The van der Waals surface area contributed by atoms with E-state index in [1.165, 1.54) is 12.3 Å². The maximum atomic E-state index is 11.9. The molecule has 6 heteroatoms. The number of carboxylic acids is 1. The van der Waals surface area contributed by atoms with E-state index in [1.54, 1.807) is 36.4 Å². The third kappa shape index (κ3) is 3.12. The first-order chi connectivity index (χ1) is 9.18. The molecule has 96 valence electrons. The number of carbonyl (C=O) groups is 2. The molecule has 0 spiro atoms. The molecule has 2 aromatic rings. The number of amides is 1. The van der Waals surface area contributed by atoms with Crippen LogP contribution in [-0.4, -0.2) is 27.2 Å². The average Bonchev–Trinajstić information content (AvgIpc) is 2.46. The molecular weight excluding hydrogens is 246 g/mol. The van der Waals surface area contributed by atoms with Crippen molar-refractivity contribution in [3.05, 3.63) is 59.9 Å². The van der Waals surface area contributed by atoms with Crippen molar-refractivity contribution in [2.24, 2.45) is 0 Å². The van der Waals surface area contributed by atoms with Crippen LogP contribution in [0.25, 0.3) is 0 Å². The fourth-order valence-corrected chi connectivity index (χ4v) is 1.56. The molecule has 0 bridgehead atoms. The van der Waals surface area contributed by atoms with Gasteiger partial charge in [0.25, 0.3) is 5.91 Å². The molecular formula is C13H11N3O3. The molecule has 0 aliphatic rings. The fourth-order valence-electron chi connectivity index (χ4n) is 1.56. The average molecular weight is 257 g/mol. The second-order valence-corrected chi connectivity index (χ2v) is 3.76. The van der Waals surface area contributed by atoms with E-state index in [4.69, 9.17) is 0 Å². The Balaban J connectivity index is 2.19. The maximum Gasteiger partial charge on any atom is 0.330 e.